The summed E-state index contributed by atoms with van der Waals surface area (Å²) < 4.78 is -0.254. The van der Waals surface area contributed by atoms with Gasteiger partial charge in [0.25, 0.3) is 11.8 Å². The van der Waals surface area contributed by atoms with Crippen molar-refractivity contribution in [2.75, 3.05) is 12.3 Å². The van der Waals surface area contributed by atoms with Crippen LogP contribution in [0.25, 0.3) is 0 Å². The lowest BCUT2D eigenvalue weighted by molar-refractivity contribution is 0.0651. The molecule has 3 nitrogen and oxygen atoms in total. The van der Waals surface area contributed by atoms with Crippen LogP contribution in [0.4, 0.5) is 0 Å². The third-order valence-corrected chi connectivity index (χ3v) is 9.15. The Labute approximate surface area is 236 Å². The van der Waals surface area contributed by atoms with E-state index in [2.05, 4.69) is 91.0 Å². The fourth-order valence-electron chi connectivity index (χ4n) is 5.52. The van der Waals surface area contributed by atoms with Crippen molar-refractivity contribution in [2.45, 2.75) is 43.3 Å². The van der Waals surface area contributed by atoms with E-state index < -0.39 is 0 Å². The third-order valence-electron chi connectivity index (χ3n) is 7.51. The molecule has 0 unspecified atom stereocenters. The number of hydrogen-bond donors (Lipinski definition) is 0. The van der Waals surface area contributed by atoms with Crippen molar-refractivity contribution < 1.29 is 9.59 Å². The summed E-state index contributed by atoms with van der Waals surface area (Å²) in [6.45, 7) is 0.510. The summed E-state index contributed by atoms with van der Waals surface area (Å²) in [5.41, 5.74) is 5.00. The van der Waals surface area contributed by atoms with Gasteiger partial charge in [-0.15, -0.1) is 11.8 Å². The van der Waals surface area contributed by atoms with Gasteiger partial charge in [0.1, 0.15) is 0 Å². The molecule has 4 heteroatoms. The molecule has 198 valence electrons. The smallest absolute Gasteiger partial charge is 0.261 e. The fraction of sp³-hybridized carbons (Fsp3) is 0.257. The van der Waals surface area contributed by atoms with Crippen LogP contribution in [0.3, 0.4) is 0 Å². The van der Waals surface area contributed by atoms with Crippen molar-refractivity contribution in [1.82, 2.24) is 4.90 Å². The molecule has 1 aliphatic heterocycles. The summed E-state index contributed by atoms with van der Waals surface area (Å²) in [6, 6.07) is 39.7. The van der Waals surface area contributed by atoms with Gasteiger partial charge in [-0.05, 0) is 47.4 Å². The average molecular weight is 534 g/mol. The van der Waals surface area contributed by atoms with Gasteiger partial charge in [0, 0.05) is 6.54 Å². The molecule has 1 heterocycles. The number of thioether (sulfide) groups is 1. The normalized spacial score (nSPS) is 13.1. The summed E-state index contributed by atoms with van der Waals surface area (Å²) in [5.74, 6) is 0.769. The van der Waals surface area contributed by atoms with E-state index in [1.54, 1.807) is 12.1 Å². The van der Waals surface area contributed by atoms with Crippen LogP contribution in [0, 0.1) is 0 Å². The number of benzene rings is 4. The van der Waals surface area contributed by atoms with Gasteiger partial charge in [-0.25, -0.2) is 0 Å². The van der Waals surface area contributed by atoms with Crippen molar-refractivity contribution in [3.05, 3.63) is 143 Å². The molecule has 0 aliphatic carbocycles. The number of hydrogen-bond acceptors (Lipinski definition) is 3. The number of unbranched alkanes of at least 4 members (excludes halogenated alkanes) is 5. The lowest BCUT2D eigenvalue weighted by Gasteiger charge is -2.35. The minimum atomic E-state index is -0.254. The topological polar surface area (TPSA) is 37.4 Å². The average Bonchev–Trinajstić information content (AvgIpc) is 3.24. The Hall–Kier alpha value is -3.63. The largest absolute Gasteiger partial charge is 0.274 e. The molecule has 0 saturated heterocycles. The van der Waals surface area contributed by atoms with Gasteiger partial charge in [0.2, 0.25) is 0 Å². The molecule has 0 fully saturated rings. The number of rotatable bonds is 13. The Balaban J connectivity index is 1.13. The molecule has 1 aliphatic rings. The Kier molecular flexibility index (Phi) is 8.95. The highest BCUT2D eigenvalue weighted by atomic mass is 32.2. The van der Waals surface area contributed by atoms with Crippen LogP contribution in [-0.2, 0) is 4.75 Å². The van der Waals surface area contributed by atoms with Gasteiger partial charge in [-0.2, -0.15) is 0 Å². The van der Waals surface area contributed by atoms with Crippen molar-refractivity contribution >= 4 is 23.6 Å². The first-order valence-electron chi connectivity index (χ1n) is 14.0. The highest BCUT2D eigenvalue weighted by Gasteiger charge is 2.37. The Morgan fingerprint density at radius 1 is 0.487 bits per heavy atom. The maximum Gasteiger partial charge on any atom is 0.261 e. The monoisotopic (exact) mass is 533 g/mol. The van der Waals surface area contributed by atoms with E-state index in [0.29, 0.717) is 17.7 Å². The molecule has 4 aromatic carbocycles. The zero-order valence-electron chi connectivity index (χ0n) is 22.3. The van der Waals surface area contributed by atoms with Gasteiger partial charge < -0.3 is 0 Å². The van der Waals surface area contributed by atoms with Gasteiger partial charge in [-0.1, -0.05) is 129 Å². The first-order valence-corrected chi connectivity index (χ1v) is 15.0. The molecule has 5 rings (SSSR count). The SMILES string of the molecule is O=C1c2ccccc2C(=O)N1CCCCCCCCSC(c1ccccc1)(c1ccccc1)c1ccccc1. The molecular weight excluding hydrogens is 498 g/mol. The maximum absolute atomic E-state index is 12.5. The van der Waals surface area contributed by atoms with Crippen LogP contribution in [0.15, 0.2) is 115 Å². The van der Waals surface area contributed by atoms with Gasteiger partial charge in [-0.3, -0.25) is 14.5 Å². The van der Waals surface area contributed by atoms with Crippen molar-refractivity contribution in [2.24, 2.45) is 0 Å². The van der Waals surface area contributed by atoms with Crippen LogP contribution in [0.5, 0.6) is 0 Å². The maximum atomic E-state index is 12.5. The number of carbonyl (C=O) groups excluding carboxylic acids is 2. The fourth-order valence-corrected chi connectivity index (χ4v) is 7.08. The Morgan fingerprint density at radius 2 is 0.872 bits per heavy atom. The number of carbonyl (C=O) groups is 2. The van der Waals surface area contributed by atoms with Gasteiger partial charge in [0.15, 0.2) is 0 Å². The van der Waals surface area contributed by atoms with Crippen molar-refractivity contribution in [3.8, 4) is 0 Å². The Morgan fingerprint density at radius 3 is 1.33 bits per heavy atom. The third kappa shape index (κ3) is 5.86. The molecule has 2 amide bonds. The van der Waals surface area contributed by atoms with Crippen molar-refractivity contribution in [3.63, 3.8) is 0 Å². The van der Waals surface area contributed by atoms with E-state index >= 15 is 0 Å². The van der Waals surface area contributed by atoms with E-state index in [1.165, 1.54) is 28.0 Å². The van der Waals surface area contributed by atoms with Crippen LogP contribution in [-0.4, -0.2) is 29.0 Å². The summed E-state index contributed by atoms with van der Waals surface area (Å²) in [6.07, 6.45) is 6.50. The lowest BCUT2D eigenvalue weighted by Crippen LogP contribution is -2.30. The van der Waals surface area contributed by atoms with Crippen LogP contribution >= 0.6 is 11.8 Å². The zero-order chi connectivity index (χ0) is 26.9. The van der Waals surface area contributed by atoms with E-state index in [1.807, 2.05) is 23.9 Å². The predicted octanol–water partition coefficient (Wildman–Crippen LogP) is 8.35. The summed E-state index contributed by atoms with van der Waals surface area (Å²) in [5, 5.41) is 0. The lowest BCUT2D eigenvalue weighted by atomic mass is 9.84. The van der Waals surface area contributed by atoms with E-state index in [-0.39, 0.29) is 16.6 Å². The first kappa shape index (κ1) is 27.0. The number of nitrogens with zero attached hydrogens (tertiary/aromatic N) is 1. The molecule has 0 aromatic heterocycles. The van der Waals surface area contributed by atoms with Gasteiger partial charge >= 0.3 is 0 Å². The van der Waals surface area contributed by atoms with E-state index in [4.69, 9.17) is 0 Å². The molecule has 0 saturated carbocycles. The molecule has 39 heavy (non-hydrogen) atoms. The minimum absolute atomic E-state index is 0.147. The van der Waals surface area contributed by atoms with Crippen LogP contribution < -0.4 is 0 Å². The molecule has 0 spiro atoms. The molecule has 0 N–H and O–H groups in total. The minimum Gasteiger partial charge on any atom is -0.274 e. The first-order chi connectivity index (χ1) is 19.2. The number of amides is 2. The Bertz CT molecular complexity index is 1240. The quantitative estimate of drug-likeness (QED) is 0.0984. The standard InChI is InChI=1S/C35H35NO2S/c37-33-31-24-14-15-25-32(31)34(38)36(33)26-16-3-1-2-4-17-27-39-35(28-18-8-5-9-19-28,29-20-10-6-11-21-29)30-22-12-7-13-23-30/h5-15,18-25H,1-4,16-17,26-27H2. The summed E-state index contributed by atoms with van der Waals surface area (Å²) >= 11 is 2.03. The predicted molar refractivity (Wildman–Crippen MR) is 161 cm³/mol. The second kappa shape index (κ2) is 12.9. The molecule has 0 radical (unpaired) electrons. The number of fused-ring (bicyclic) bond motifs is 1. The molecular formula is C35H35NO2S. The summed E-state index contributed by atoms with van der Waals surface area (Å²) in [7, 11) is 0. The molecule has 4 aromatic rings. The second-order valence-corrected chi connectivity index (χ2v) is 11.4. The molecule has 0 atom stereocenters. The van der Waals surface area contributed by atoms with Crippen LogP contribution in [0.1, 0.15) is 75.9 Å². The van der Waals surface area contributed by atoms with E-state index in [9.17, 15) is 9.59 Å². The van der Waals surface area contributed by atoms with E-state index in [0.717, 1.165) is 37.9 Å². The molecule has 0 bridgehead atoms. The van der Waals surface area contributed by atoms with Crippen LogP contribution in [0.2, 0.25) is 0 Å². The summed E-state index contributed by atoms with van der Waals surface area (Å²) in [4.78, 5) is 26.5. The highest BCUT2D eigenvalue weighted by molar-refractivity contribution is 8.00. The number of imide groups is 1. The van der Waals surface area contributed by atoms with Crippen molar-refractivity contribution in [1.29, 1.82) is 0 Å². The van der Waals surface area contributed by atoms with Gasteiger partial charge in [0.05, 0.1) is 15.9 Å². The second-order valence-electron chi connectivity index (χ2n) is 10.1. The highest BCUT2D eigenvalue weighted by Crippen LogP contribution is 2.48. The zero-order valence-corrected chi connectivity index (χ0v) is 23.1.